The second kappa shape index (κ2) is 19.0. The predicted molar refractivity (Wildman–Crippen MR) is 247 cm³/mol. The minimum absolute atomic E-state index is 0.0755. The summed E-state index contributed by atoms with van der Waals surface area (Å²) in [5, 5.41) is 5.37. The number of benzene rings is 2. The zero-order chi connectivity index (χ0) is 47.0. The van der Waals surface area contributed by atoms with E-state index in [2.05, 4.69) is 66.9 Å². The summed E-state index contributed by atoms with van der Waals surface area (Å²) in [5.41, 5.74) is 7.87. The molecule has 1 saturated carbocycles. The lowest BCUT2D eigenvalue weighted by atomic mass is 9.69. The molecule has 2 aromatic heterocycles. The second-order valence-electron chi connectivity index (χ2n) is 19.1. The number of aromatic nitrogens is 2. The van der Waals surface area contributed by atoms with Crippen molar-refractivity contribution >= 4 is 40.4 Å². The van der Waals surface area contributed by atoms with Gasteiger partial charge in [0.2, 0.25) is 5.91 Å². The van der Waals surface area contributed by atoms with Crippen LogP contribution in [0.25, 0.3) is 33.3 Å². The van der Waals surface area contributed by atoms with Crippen LogP contribution < -0.4 is 10.7 Å². The minimum atomic E-state index is -2.30. The van der Waals surface area contributed by atoms with Crippen molar-refractivity contribution in [3.8, 4) is 22.4 Å². The van der Waals surface area contributed by atoms with Gasteiger partial charge >= 0.3 is 5.97 Å². The van der Waals surface area contributed by atoms with Crippen LogP contribution in [0.5, 0.6) is 0 Å². The lowest BCUT2D eigenvalue weighted by Gasteiger charge is -2.43. The van der Waals surface area contributed by atoms with E-state index in [-0.39, 0.29) is 44.3 Å². The van der Waals surface area contributed by atoms with Gasteiger partial charge in [-0.05, 0) is 91.6 Å². The molecule has 4 aromatic rings. The molecule has 4 heterocycles. The van der Waals surface area contributed by atoms with Gasteiger partial charge in [-0.1, -0.05) is 64.6 Å². The van der Waals surface area contributed by atoms with Crippen molar-refractivity contribution < 1.29 is 37.8 Å². The molecule has 13 nitrogen and oxygen atoms in total. The first-order valence-corrected chi connectivity index (χ1v) is 22.8. The van der Waals surface area contributed by atoms with Crippen molar-refractivity contribution in [2.45, 2.75) is 117 Å². The molecule has 7 rings (SSSR count). The maximum Gasteiger partial charge on any atom is 0.324 e. The van der Waals surface area contributed by atoms with E-state index in [1.807, 2.05) is 37.3 Å². The number of hydrazine groups is 1. The Morgan fingerprint density at radius 1 is 1.09 bits per heavy atom. The molecule has 2 aromatic carbocycles. The van der Waals surface area contributed by atoms with E-state index in [4.69, 9.17) is 14.5 Å². The maximum atomic E-state index is 15.9. The molecule has 2 N–H and O–H groups in total. The summed E-state index contributed by atoms with van der Waals surface area (Å²) in [6, 6.07) is 15.2. The molecule has 65 heavy (non-hydrogen) atoms. The number of halogens is 1. The summed E-state index contributed by atoms with van der Waals surface area (Å²) in [6.45, 7) is 16.3. The Kier molecular flexibility index (Phi) is 13.8. The molecule has 3 amide bonds. The zero-order valence-electron chi connectivity index (χ0n) is 38.9. The number of carbonyl (C=O) groups is 5. The molecule has 346 valence electrons. The molecule has 0 radical (unpaired) electrons. The van der Waals surface area contributed by atoms with Crippen LogP contribution in [-0.4, -0.2) is 100 Å². The quantitative estimate of drug-likeness (QED) is 0.119. The number of ether oxygens (including phenoxy) is 2. The molecule has 1 saturated heterocycles. The third-order valence-corrected chi connectivity index (χ3v) is 13.4. The SMILES string of the molecule is C=CC(=O)C1CC(F)(C(=O)N(C)[C@H](C(=O)N[C@H]2Cc3cccc(c3)-c3ccc4c(c3)c(c(-c3cccnc3[C@H](C)OC)n4CC)CC(C)(C)COC(=O)[C@@H]3CCCN(N3)C2=O)C(C)C)C1. The Morgan fingerprint density at radius 3 is 2.52 bits per heavy atom. The summed E-state index contributed by atoms with van der Waals surface area (Å²) < 4.78 is 30.2. The van der Waals surface area contributed by atoms with Crippen LogP contribution in [0.15, 0.2) is 73.4 Å². The number of ketones is 1. The molecule has 3 aliphatic rings. The van der Waals surface area contributed by atoms with Gasteiger partial charge in [0.25, 0.3) is 11.8 Å². The molecule has 6 bridgehead atoms. The number of aryl methyl sites for hydroxylation is 1. The summed E-state index contributed by atoms with van der Waals surface area (Å²) in [4.78, 5) is 74.6. The van der Waals surface area contributed by atoms with Crippen LogP contribution in [0.4, 0.5) is 4.39 Å². The first-order valence-electron chi connectivity index (χ1n) is 22.8. The van der Waals surface area contributed by atoms with Gasteiger partial charge in [0.1, 0.15) is 18.1 Å². The van der Waals surface area contributed by atoms with E-state index >= 15 is 4.39 Å². The van der Waals surface area contributed by atoms with E-state index < -0.39 is 64.7 Å². The first-order chi connectivity index (χ1) is 30.9. The number of pyridine rings is 1. The number of methoxy groups -OCH3 is 1. The minimum Gasteiger partial charge on any atom is -0.464 e. The number of amides is 3. The zero-order valence-corrected chi connectivity index (χ0v) is 38.9. The van der Waals surface area contributed by atoms with Gasteiger partial charge in [0, 0.05) is 80.5 Å². The fourth-order valence-electron chi connectivity index (χ4n) is 9.87. The van der Waals surface area contributed by atoms with Gasteiger partial charge in [-0.2, -0.15) is 0 Å². The molecule has 2 aliphatic heterocycles. The average Bonchev–Trinajstić information content (AvgIpc) is 3.59. The van der Waals surface area contributed by atoms with Gasteiger partial charge in [0.05, 0.1) is 24.1 Å². The number of fused-ring (bicyclic) bond motifs is 6. The molecule has 2 fully saturated rings. The largest absolute Gasteiger partial charge is 0.464 e. The van der Waals surface area contributed by atoms with Crippen LogP contribution >= 0.6 is 0 Å². The number of esters is 1. The number of nitrogens with zero attached hydrogens (tertiary/aromatic N) is 4. The molecule has 4 atom stereocenters. The van der Waals surface area contributed by atoms with Gasteiger partial charge in [-0.25, -0.2) is 9.82 Å². The summed E-state index contributed by atoms with van der Waals surface area (Å²) >= 11 is 0. The summed E-state index contributed by atoms with van der Waals surface area (Å²) in [5.74, 6) is -3.91. The van der Waals surface area contributed by atoms with Crippen molar-refractivity contribution in [3.05, 3.63) is 90.3 Å². The number of hydrogen-bond donors (Lipinski definition) is 2. The Morgan fingerprint density at radius 2 is 1.83 bits per heavy atom. The van der Waals surface area contributed by atoms with Crippen LogP contribution in [0.3, 0.4) is 0 Å². The van der Waals surface area contributed by atoms with Crippen LogP contribution in [-0.2, 0) is 52.8 Å². The lowest BCUT2D eigenvalue weighted by Crippen LogP contribution is -2.63. The van der Waals surface area contributed by atoms with Crippen molar-refractivity contribution in [2.24, 2.45) is 17.3 Å². The highest BCUT2D eigenvalue weighted by atomic mass is 19.1. The van der Waals surface area contributed by atoms with Crippen LogP contribution in [0.1, 0.15) is 90.2 Å². The highest BCUT2D eigenvalue weighted by Crippen LogP contribution is 2.44. The monoisotopic (exact) mass is 890 g/mol. The molecule has 0 spiro atoms. The fraction of sp³-hybridized carbons (Fsp3) is 0.490. The van der Waals surface area contributed by atoms with E-state index in [1.54, 1.807) is 27.2 Å². The number of likely N-dealkylation sites (N-methyl/N-ethyl adjacent to an activating group) is 1. The summed E-state index contributed by atoms with van der Waals surface area (Å²) in [7, 11) is 3.06. The van der Waals surface area contributed by atoms with Gasteiger partial charge < -0.3 is 24.3 Å². The molecule has 1 aliphatic carbocycles. The standard InChI is InChI=1S/C51H63FN6O7/c1-10-42(59)35-26-51(52,27-35)49(63)56(8)44(30(3)4)46(60)54-40-24-32-15-12-16-33(23-32)34-19-20-41-37(25-34)38(45(57(41)11-2)36-17-13-21-53-43(36)31(5)64-9)28-50(6,7)29-65-48(62)39-18-14-22-58(55-39)47(40)61/h10,12-13,15-17,19-21,23,25,30-31,35,39-40,44,55H,1,11,14,18,22,24,26-29H2,2-9H3,(H,54,60)/t31-,35?,39-,40-,44-,51?/m0/s1. The third-order valence-electron chi connectivity index (χ3n) is 13.4. The Balaban J connectivity index is 1.29. The maximum absolute atomic E-state index is 15.9. The van der Waals surface area contributed by atoms with Crippen LogP contribution in [0, 0.1) is 17.3 Å². The van der Waals surface area contributed by atoms with Gasteiger partial charge in [-0.3, -0.25) is 34.0 Å². The molecular formula is C51H63FN6O7. The van der Waals surface area contributed by atoms with E-state index in [1.165, 1.54) is 12.1 Å². The normalized spacial score (nSPS) is 23.2. The third kappa shape index (κ3) is 9.51. The number of carbonyl (C=O) groups excluding carboxylic acids is 5. The summed E-state index contributed by atoms with van der Waals surface area (Å²) in [6.07, 6.45) is 3.66. The highest BCUT2D eigenvalue weighted by Gasteiger charge is 2.55. The average molecular weight is 891 g/mol. The number of allylic oxidation sites excluding steroid dienone is 1. The van der Waals surface area contributed by atoms with Crippen molar-refractivity contribution in [3.63, 3.8) is 0 Å². The van der Waals surface area contributed by atoms with E-state index in [9.17, 15) is 24.0 Å². The second-order valence-corrected chi connectivity index (χ2v) is 19.1. The van der Waals surface area contributed by atoms with Crippen LogP contribution in [0.2, 0.25) is 0 Å². The molecule has 14 heteroatoms. The predicted octanol–water partition coefficient (Wildman–Crippen LogP) is 7.10. The van der Waals surface area contributed by atoms with Crippen molar-refractivity contribution in [1.82, 2.24) is 30.2 Å². The van der Waals surface area contributed by atoms with E-state index in [0.717, 1.165) is 61.1 Å². The van der Waals surface area contributed by atoms with Gasteiger partial charge in [0.15, 0.2) is 11.5 Å². The lowest BCUT2D eigenvalue weighted by molar-refractivity contribution is -0.160. The topological polar surface area (TPSA) is 152 Å². The molecule has 0 unspecified atom stereocenters. The Bertz CT molecular complexity index is 2490. The fourth-order valence-corrected chi connectivity index (χ4v) is 9.87. The first kappa shape index (κ1) is 47.2. The number of alkyl halides is 1. The number of hydrogen-bond acceptors (Lipinski definition) is 9. The van der Waals surface area contributed by atoms with Crippen molar-refractivity contribution in [1.29, 1.82) is 0 Å². The number of nitrogens with one attached hydrogen (secondary N) is 2. The van der Waals surface area contributed by atoms with Gasteiger partial charge in [-0.15, -0.1) is 0 Å². The Hall–Kier alpha value is -5.73. The number of rotatable bonds is 11. The van der Waals surface area contributed by atoms with E-state index in [0.29, 0.717) is 25.8 Å². The highest BCUT2D eigenvalue weighted by molar-refractivity contribution is 5.98. The smallest absolute Gasteiger partial charge is 0.324 e. The molecular weight excluding hydrogens is 828 g/mol. The van der Waals surface area contributed by atoms with Crippen molar-refractivity contribution in [2.75, 3.05) is 27.3 Å². The Labute approximate surface area is 381 Å². The number of cyclic esters (lactones) is 1.